The number of nitrogens with two attached hydrogens (primary N) is 1. The van der Waals surface area contributed by atoms with Gasteiger partial charge in [-0.25, -0.2) is 0 Å². The molecule has 1 aromatic heterocycles. The Morgan fingerprint density at radius 1 is 1.35 bits per heavy atom. The van der Waals surface area contributed by atoms with Crippen molar-refractivity contribution < 1.29 is 4.74 Å². The lowest BCUT2D eigenvalue weighted by Gasteiger charge is -2.22. The fourth-order valence-corrected chi connectivity index (χ4v) is 3.03. The molecule has 0 amide bonds. The second kappa shape index (κ2) is 5.48. The van der Waals surface area contributed by atoms with Crippen LogP contribution < -0.4 is 11.3 Å². The van der Waals surface area contributed by atoms with Crippen LogP contribution >= 0.6 is 0 Å². The summed E-state index contributed by atoms with van der Waals surface area (Å²) >= 11 is 0. The number of benzene rings is 1. The number of pyridine rings is 1. The van der Waals surface area contributed by atoms with Crippen LogP contribution in [0.15, 0.2) is 30.3 Å². The molecule has 3 unspecified atom stereocenters. The number of aryl methyl sites for hydroxylation is 1. The molecule has 2 aromatic rings. The number of fused-ring (bicyclic) bond motifs is 1. The summed E-state index contributed by atoms with van der Waals surface area (Å²) in [6, 6.07) is 10.6. The Morgan fingerprint density at radius 2 is 2.20 bits per heavy atom. The van der Waals surface area contributed by atoms with Crippen LogP contribution in [0.5, 0.6) is 0 Å². The Hall–Kier alpha value is -1.49. The number of rotatable bonds is 3. The Balaban J connectivity index is 1.93. The van der Waals surface area contributed by atoms with E-state index in [0.29, 0.717) is 12.0 Å². The summed E-state index contributed by atoms with van der Waals surface area (Å²) in [5.41, 5.74) is 6.23. The van der Waals surface area contributed by atoms with Gasteiger partial charge in [-0.3, -0.25) is 16.3 Å². The van der Waals surface area contributed by atoms with E-state index in [4.69, 9.17) is 10.6 Å². The normalized spacial score (nSPS) is 24.1. The minimum absolute atomic E-state index is 0.130. The molecular formula is C16H21N3O. The van der Waals surface area contributed by atoms with Crippen molar-refractivity contribution in [3.8, 4) is 0 Å². The fraction of sp³-hybridized carbons (Fsp3) is 0.438. The lowest BCUT2D eigenvalue weighted by Crippen LogP contribution is -2.34. The van der Waals surface area contributed by atoms with Crippen LogP contribution in [0.3, 0.4) is 0 Å². The lowest BCUT2D eigenvalue weighted by molar-refractivity contribution is 0.117. The Kier molecular flexibility index (Phi) is 3.70. The molecule has 1 aromatic carbocycles. The van der Waals surface area contributed by atoms with Gasteiger partial charge in [-0.15, -0.1) is 0 Å². The van der Waals surface area contributed by atoms with Gasteiger partial charge < -0.3 is 4.74 Å². The van der Waals surface area contributed by atoms with Crippen molar-refractivity contribution in [2.24, 2.45) is 11.8 Å². The van der Waals surface area contributed by atoms with E-state index in [9.17, 15) is 0 Å². The van der Waals surface area contributed by atoms with Gasteiger partial charge in [0, 0.05) is 17.0 Å². The molecule has 4 nitrogen and oxygen atoms in total. The topological polar surface area (TPSA) is 60.2 Å². The Bertz CT molecular complexity index is 614. The van der Waals surface area contributed by atoms with Gasteiger partial charge in [0.25, 0.3) is 0 Å². The molecule has 3 N–H and O–H groups in total. The SMILES string of the molecule is Cc1ccc2cc(C(NN)C3COC(C)C3)ccc2n1. The predicted molar refractivity (Wildman–Crippen MR) is 80.1 cm³/mol. The molecule has 1 fully saturated rings. The molecular weight excluding hydrogens is 250 g/mol. The zero-order valence-electron chi connectivity index (χ0n) is 12.0. The number of hydrogen-bond acceptors (Lipinski definition) is 4. The van der Waals surface area contributed by atoms with Crippen molar-refractivity contribution in [2.75, 3.05) is 6.61 Å². The van der Waals surface area contributed by atoms with Crippen molar-refractivity contribution in [3.63, 3.8) is 0 Å². The summed E-state index contributed by atoms with van der Waals surface area (Å²) in [5, 5.41) is 1.15. The standard InChI is InChI=1S/C16H21N3O/c1-10-3-4-12-8-13(5-6-15(12)18-10)16(19-17)14-7-11(2)20-9-14/h3-6,8,11,14,16,19H,7,9,17H2,1-2H3. The van der Waals surface area contributed by atoms with E-state index >= 15 is 0 Å². The first-order valence-corrected chi connectivity index (χ1v) is 7.12. The third-order valence-corrected chi connectivity index (χ3v) is 4.09. The zero-order valence-corrected chi connectivity index (χ0v) is 12.0. The van der Waals surface area contributed by atoms with Crippen LogP contribution in [0.1, 0.15) is 30.6 Å². The minimum Gasteiger partial charge on any atom is -0.378 e. The summed E-state index contributed by atoms with van der Waals surface area (Å²) in [6.07, 6.45) is 1.36. The second-order valence-corrected chi connectivity index (χ2v) is 5.69. The summed E-state index contributed by atoms with van der Waals surface area (Å²) in [7, 11) is 0. The van der Waals surface area contributed by atoms with Gasteiger partial charge in [0.1, 0.15) is 0 Å². The van der Waals surface area contributed by atoms with Crippen LogP contribution in [0.4, 0.5) is 0 Å². The minimum atomic E-state index is 0.130. The van der Waals surface area contributed by atoms with Gasteiger partial charge in [-0.2, -0.15) is 0 Å². The van der Waals surface area contributed by atoms with Crippen molar-refractivity contribution in [2.45, 2.75) is 32.4 Å². The number of hydrogen-bond donors (Lipinski definition) is 2. The number of aromatic nitrogens is 1. The first-order valence-electron chi connectivity index (χ1n) is 7.12. The number of ether oxygens (including phenoxy) is 1. The first kappa shape index (κ1) is 13.5. The van der Waals surface area contributed by atoms with Crippen molar-refractivity contribution >= 4 is 10.9 Å². The molecule has 3 rings (SSSR count). The van der Waals surface area contributed by atoms with E-state index in [-0.39, 0.29) is 6.04 Å². The van der Waals surface area contributed by atoms with Gasteiger partial charge in [-0.1, -0.05) is 12.1 Å². The molecule has 3 atom stereocenters. The largest absolute Gasteiger partial charge is 0.378 e. The Morgan fingerprint density at radius 3 is 2.90 bits per heavy atom. The lowest BCUT2D eigenvalue weighted by atomic mass is 9.91. The van der Waals surface area contributed by atoms with Crippen LogP contribution in [-0.2, 0) is 4.74 Å². The maximum absolute atomic E-state index is 5.78. The molecule has 0 bridgehead atoms. The maximum Gasteiger partial charge on any atom is 0.0705 e. The van der Waals surface area contributed by atoms with Crippen molar-refractivity contribution in [3.05, 3.63) is 41.6 Å². The quantitative estimate of drug-likeness (QED) is 0.665. The molecule has 1 aliphatic heterocycles. The van der Waals surface area contributed by atoms with Crippen LogP contribution in [0.2, 0.25) is 0 Å². The molecule has 1 saturated heterocycles. The predicted octanol–water partition coefficient (Wildman–Crippen LogP) is 2.47. The molecule has 20 heavy (non-hydrogen) atoms. The van der Waals surface area contributed by atoms with Crippen LogP contribution in [-0.4, -0.2) is 17.7 Å². The van der Waals surface area contributed by atoms with Crippen LogP contribution in [0, 0.1) is 12.8 Å². The molecule has 0 spiro atoms. The Labute approximate surface area is 119 Å². The van der Waals surface area contributed by atoms with Gasteiger partial charge in [0.2, 0.25) is 0 Å². The second-order valence-electron chi connectivity index (χ2n) is 5.69. The number of nitrogens with zero attached hydrogens (tertiary/aromatic N) is 1. The fourth-order valence-electron chi connectivity index (χ4n) is 3.03. The molecule has 0 aliphatic carbocycles. The maximum atomic E-state index is 5.78. The third-order valence-electron chi connectivity index (χ3n) is 4.09. The number of nitrogens with one attached hydrogen (secondary N) is 1. The highest BCUT2D eigenvalue weighted by Crippen LogP contribution is 2.32. The van der Waals surface area contributed by atoms with Gasteiger partial charge in [0.05, 0.1) is 24.3 Å². The highest BCUT2D eigenvalue weighted by Gasteiger charge is 2.30. The zero-order chi connectivity index (χ0) is 14.1. The average molecular weight is 271 g/mol. The van der Waals surface area contributed by atoms with E-state index in [0.717, 1.165) is 29.6 Å². The molecule has 2 heterocycles. The summed E-state index contributed by atoms with van der Waals surface area (Å²) in [4.78, 5) is 4.54. The van der Waals surface area contributed by atoms with E-state index in [1.807, 2.05) is 13.0 Å². The molecule has 0 saturated carbocycles. The van der Waals surface area contributed by atoms with E-state index in [2.05, 4.69) is 41.6 Å². The summed E-state index contributed by atoms with van der Waals surface area (Å²) < 4.78 is 5.67. The highest BCUT2D eigenvalue weighted by molar-refractivity contribution is 5.79. The van der Waals surface area contributed by atoms with E-state index < -0.39 is 0 Å². The van der Waals surface area contributed by atoms with Gasteiger partial charge in [-0.05, 0) is 44.0 Å². The van der Waals surface area contributed by atoms with Crippen molar-refractivity contribution in [1.29, 1.82) is 0 Å². The molecule has 106 valence electrons. The third kappa shape index (κ3) is 2.54. The number of hydrazine groups is 1. The van der Waals surface area contributed by atoms with E-state index in [1.165, 1.54) is 5.56 Å². The van der Waals surface area contributed by atoms with Crippen molar-refractivity contribution in [1.82, 2.24) is 10.4 Å². The van der Waals surface area contributed by atoms with Gasteiger partial charge in [0.15, 0.2) is 0 Å². The van der Waals surface area contributed by atoms with Crippen LogP contribution in [0.25, 0.3) is 10.9 Å². The molecule has 4 heteroatoms. The molecule has 0 radical (unpaired) electrons. The van der Waals surface area contributed by atoms with Gasteiger partial charge >= 0.3 is 0 Å². The summed E-state index contributed by atoms with van der Waals surface area (Å²) in [5.74, 6) is 6.20. The summed E-state index contributed by atoms with van der Waals surface area (Å²) in [6.45, 7) is 4.88. The smallest absolute Gasteiger partial charge is 0.0705 e. The highest BCUT2D eigenvalue weighted by atomic mass is 16.5. The monoisotopic (exact) mass is 271 g/mol. The molecule has 1 aliphatic rings. The van der Waals surface area contributed by atoms with E-state index in [1.54, 1.807) is 0 Å². The first-order chi connectivity index (χ1) is 9.67. The average Bonchev–Trinajstić information content (AvgIpc) is 2.86.